The molecule has 1 amide bonds. The molecule has 0 bridgehead atoms. The van der Waals surface area contributed by atoms with Crippen LogP contribution in [0.1, 0.15) is 24.4 Å². The number of benzene rings is 2. The minimum absolute atomic E-state index is 0.362. The summed E-state index contributed by atoms with van der Waals surface area (Å²) < 4.78 is 2.34. The number of para-hydroxylation sites is 2. The number of hydrogen-bond acceptors (Lipinski definition) is 4. The van der Waals surface area contributed by atoms with Gasteiger partial charge in [0.2, 0.25) is 0 Å². The van der Waals surface area contributed by atoms with Crippen LogP contribution in [0.25, 0.3) is 28.5 Å². The average Bonchev–Trinajstić information content (AvgIpc) is 3.12. The second kappa shape index (κ2) is 7.73. The van der Waals surface area contributed by atoms with Gasteiger partial charge in [-0.05, 0) is 49.2 Å². The Morgan fingerprint density at radius 3 is 2.96 bits per heavy atom. The quantitative estimate of drug-likeness (QED) is 0.378. The summed E-state index contributed by atoms with van der Waals surface area (Å²) in [5.74, 6) is 0.382. The normalized spacial score (nSPS) is 17.4. The highest BCUT2D eigenvalue weighted by molar-refractivity contribution is 5.91. The first-order chi connectivity index (χ1) is 13.3. The van der Waals surface area contributed by atoms with Crippen LogP contribution >= 0.6 is 0 Å². The van der Waals surface area contributed by atoms with Crippen LogP contribution in [-0.2, 0) is 4.79 Å². The number of rotatable bonds is 4. The van der Waals surface area contributed by atoms with Crippen LogP contribution < -0.4 is 10.8 Å². The lowest BCUT2D eigenvalue weighted by molar-refractivity contribution is -0.124. The fourth-order valence-electron chi connectivity index (χ4n) is 3.66. The lowest BCUT2D eigenvalue weighted by atomic mass is 10.1. The van der Waals surface area contributed by atoms with Crippen LogP contribution in [0.5, 0.6) is 0 Å². The summed E-state index contributed by atoms with van der Waals surface area (Å²) in [6, 6.07) is 16.5. The molecular formula is C21H22N4O2. The van der Waals surface area contributed by atoms with E-state index < -0.39 is 5.91 Å². The Morgan fingerprint density at radius 2 is 2.15 bits per heavy atom. The molecule has 1 aliphatic rings. The zero-order valence-electron chi connectivity index (χ0n) is 14.9. The molecule has 4 rings (SSSR count). The third-order valence-electron chi connectivity index (χ3n) is 4.91. The summed E-state index contributed by atoms with van der Waals surface area (Å²) in [7, 11) is 0. The summed E-state index contributed by atoms with van der Waals surface area (Å²) >= 11 is 0. The van der Waals surface area contributed by atoms with Crippen LogP contribution in [0.4, 0.5) is 0 Å². The number of nitrogens with one attached hydrogen (secondary N) is 2. The number of amides is 1. The number of nitrogens with zero attached hydrogens (tertiary/aromatic N) is 2. The summed E-state index contributed by atoms with van der Waals surface area (Å²) in [6.45, 7) is 2.00. The monoisotopic (exact) mass is 362 g/mol. The first-order valence-electron chi connectivity index (χ1n) is 9.16. The number of imidazole rings is 1. The predicted molar refractivity (Wildman–Crippen MR) is 105 cm³/mol. The molecule has 1 saturated heterocycles. The minimum Gasteiger partial charge on any atom is -0.320 e. The molecule has 6 nitrogen and oxygen atoms in total. The van der Waals surface area contributed by atoms with E-state index in [-0.39, 0.29) is 0 Å². The van der Waals surface area contributed by atoms with E-state index >= 15 is 0 Å². The second-order valence-corrected chi connectivity index (χ2v) is 6.73. The second-order valence-electron chi connectivity index (χ2n) is 6.73. The molecule has 3 N–H and O–H groups in total. The van der Waals surface area contributed by atoms with Gasteiger partial charge in [0.15, 0.2) is 0 Å². The smallest absolute Gasteiger partial charge is 0.267 e. The van der Waals surface area contributed by atoms with Crippen LogP contribution in [0, 0.1) is 0 Å². The minimum atomic E-state index is -0.555. The molecule has 1 aromatic heterocycles. The maximum Gasteiger partial charge on any atom is 0.267 e. The molecule has 1 aliphatic heterocycles. The van der Waals surface area contributed by atoms with Crippen molar-refractivity contribution in [2.45, 2.75) is 18.9 Å². The van der Waals surface area contributed by atoms with Crippen molar-refractivity contribution in [3.8, 4) is 11.4 Å². The van der Waals surface area contributed by atoms with E-state index in [2.05, 4.69) is 16.0 Å². The molecule has 3 aromatic rings. The van der Waals surface area contributed by atoms with Gasteiger partial charge in [-0.1, -0.05) is 30.3 Å². The van der Waals surface area contributed by atoms with E-state index in [0.717, 1.165) is 53.9 Å². The van der Waals surface area contributed by atoms with Gasteiger partial charge >= 0.3 is 0 Å². The highest BCUT2D eigenvalue weighted by Gasteiger charge is 2.21. The molecule has 1 fully saturated rings. The molecule has 1 unspecified atom stereocenters. The van der Waals surface area contributed by atoms with Gasteiger partial charge in [0.25, 0.3) is 5.91 Å². The first kappa shape index (κ1) is 17.5. The van der Waals surface area contributed by atoms with Gasteiger partial charge in [0.1, 0.15) is 5.82 Å². The largest absolute Gasteiger partial charge is 0.320 e. The molecule has 0 radical (unpaired) electrons. The fourth-order valence-corrected chi connectivity index (χ4v) is 3.66. The molecule has 138 valence electrons. The van der Waals surface area contributed by atoms with Crippen LogP contribution in [0.2, 0.25) is 0 Å². The Balaban J connectivity index is 1.79. The van der Waals surface area contributed by atoms with Gasteiger partial charge in [0, 0.05) is 24.2 Å². The molecule has 0 aliphatic carbocycles. The summed E-state index contributed by atoms with van der Waals surface area (Å²) in [5, 5.41) is 12.1. The van der Waals surface area contributed by atoms with Crippen molar-refractivity contribution >= 4 is 23.0 Å². The molecule has 6 heteroatoms. The molecule has 2 aromatic carbocycles. The van der Waals surface area contributed by atoms with Crippen molar-refractivity contribution in [2.75, 3.05) is 13.1 Å². The predicted octanol–water partition coefficient (Wildman–Crippen LogP) is 3.15. The highest BCUT2D eigenvalue weighted by Crippen LogP contribution is 2.31. The molecule has 2 heterocycles. The fraction of sp³-hybridized carbons (Fsp3) is 0.238. The molecule has 27 heavy (non-hydrogen) atoms. The van der Waals surface area contributed by atoms with Crippen LogP contribution in [0.3, 0.4) is 0 Å². The van der Waals surface area contributed by atoms with E-state index in [4.69, 9.17) is 10.2 Å². The third kappa shape index (κ3) is 3.63. The maximum absolute atomic E-state index is 11.2. The van der Waals surface area contributed by atoms with E-state index in [1.165, 1.54) is 6.08 Å². The van der Waals surface area contributed by atoms with E-state index in [1.54, 1.807) is 11.6 Å². The van der Waals surface area contributed by atoms with Gasteiger partial charge in [-0.15, -0.1) is 0 Å². The van der Waals surface area contributed by atoms with E-state index in [9.17, 15) is 4.79 Å². The van der Waals surface area contributed by atoms with Crippen molar-refractivity contribution in [1.82, 2.24) is 20.3 Å². The Morgan fingerprint density at radius 1 is 1.26 bits per heavy atom. The van der Waals surface area contributed by atoms with Crippen molar-refractivity contribution in [2.24, 2.45) is 0 Å². The lowest BCUT2D eigenvalue weighted by Crippen LogP contribution is -2.31. The zero-order chi connectivity index (χ0) is 18.6. The molecule has 0 spiro atoms. The summed E-state index contributed by atoms with van der Waals surface area (Å²) in [5.41, 5.74) is 5.60. The van der Waals surface area contributed by atoms with Gasteiger partial charge in [-0.2, -0.15) is 0 Å². The Bertz CT molecular complexity index is 987. The van der Waals surface area contributed by atoms with Gasteiger partial charge in [-0.25, -0.2) is 10.5 Å². The number of hydrogen-bond donors (Lipinski definition) is 3. The Labute approximate surface area is 157 Å². The van der Waals surface area contributed by atoms with Gasteiger partial charge in [-0.3, -0.25) is 10.0 Å². The number of hydroxylamine groups is 1. The number of carbonyl (C=O) groups is 1. The van der Waals surface area contributed by atoms with Crippen molar-refractivity contribution in [3.05, 3.63) is 60.2 Å². The van der Waals surface area contributed by atoms with Crippen LogP contribution in [-0.4, -0.2) is 33.8 Å². The summed E-state index contributed by atoms with van der Waals surface area (Å²) in [4.78, 5) is 16.1. The standard InChI is InChI=1S/C21H22N4O2/c26-20(24-27)11-10-15-5-3-6-16(13-15)21-23-18-8-1-2-9-19(18)25(21)17-7-4-12-22-14-17/h1-3,5-6,8-11,13,17,22,27H,4,7,12,14H2,(H,24,26)/b11-10+. The summed E-state index contributed by atoms with van der Waals surface area (Å²) in [6.07, 6.45) is 5.24. The van der Waals surface area contributed by atoms with Gasteiger partial charge in [0.05, 0.1) is 11.0 Å². The first-order valence-corrected chi connectivity index (χ1v) is 9.16. The van der Waals surface area contributed by atoms with Gasteiger partial charge < -0.3 is 9.88 Å². The topological polar surface area (TPSA) is 79.2 Å². The van der Waals surface area contributed by atoms with E-state index in [0.29, 0.717) is 6.04 Å². The number of piperidine rings is 1. The average molecular weight is 362 g/mol. The number of fused-ring (bicyclic) bond motifs is 1. The Hall–Kier alpha value is -2.96. The molecule has 0 saturated carbocycles. The van der Waals surface area contributed by atoms with Crippen molar-refractivity contribution in [3.63, 3.8) is 0 Å². The highest BCUT2D eigenvalue weighted by atomic mass is 16.5. The number of carbonyl (C=O) groups excluding carboxylic acids is 1. The zero-order valence-corrected chi connectivity index (χ0v) is 14.9. The third-order valence-corrected chi connectivity index (χ3v) is 4.91. The van der Waals surface area contributed by atoms with E-state index in [1.807, 2.05) is 42.5 Å². The van der Waals surface area contributed by atoms with Crippen LogP contribution in [0.15, 0.2) is 54.6 Å². The Kier molecular flexibility index (Phi) is 5.00. The lowest BCUT2D eigenvalue weighted by Gasteiger charge is -2.26. The number of aromatic nitrogens is 2. The van der Waals surface area contributed by atoms with Crippen molar-refractivity contribution in [1.29, 1.82) is 0 Å². The maximum atomic E-state index is 11.2. The molecular weight excluding hydrogens is 340 g/mol. The van der Waals surface area contributed by atoms with Crippen molar-refractivity contribution < 1.29 is 10.0 Å². The molecule has 1 atom stereocenters. The SMILES string of the molecule is O=C(/C=C/c1cccc(-c2nc3ccccc3n2C2CCCNC2)c1)NO.